The molecule has 2 atom stereocenters. The number of hydrogen-bond donors (Lipinski definition) is 4. The number of nitrogens with zero attached hydrogens (tertiary/aromatic N) is 1. The number of rotatable bonds is 2. The summed E-state index contributed by atoms with van der Waals surface area (Å²) in [6, 6.07) is 6.49. The van der Waals surface area contributed by atoms with Gasteiger partial charge in [-0.25, -0.2) is 4.98 Å². The third kappa shape index (κ3) is 3.50. The average Bonchev–Trinajstić information content (AvgIpc) is 3.52. The molecule has 1 unspecified atom stereocenters. The fraction of sp³-hybridized carbons (Fsp3) is 0.409. The maximum absolute atomic E-state index is 10.7. The third-order valence-electron chi connectivity index (χ3n) is 5.55. The standard InChI is InChI=1S/C22H23BrN4O/c23-15-7-8-17-18(10-15)19-20(27-21(17)26-16-2-1-9-24-12-16)14(11-25-22(19)28)6-5-13-3-4-13/h7-8,10-11,13,16,22,24-25,28H,1-4,9,12H2,(H,26,27)/t16-,22?/m0/s1. The van der Waals surface area contributed by atoms with Crippen LogP contribution in [-0.4, -0.2) is 29.2 Å². The topological polar surface area (TPSA) is 69.2 Å². The number of piperidine rings is 1. The van der Waals surface area contributed by atoms with Crippen LogP contribution in [0.5, 0.6) is 0 Å². The molecule has 1 saturated carbocycles. The van der Waals surface area contributed by atoms with E-state index in [0.717, 1.165) is 63.8 Å². The zero-order valence-electron chi connectivity index (χ0n) is 15.6. The molecule has 1 aliphatic carbocycles. The number of anilines is 1. The van der Waals surface area contributed by atoms with Crippen molar-refractivity contribution in [3.05, 3.63) is 40.1 Å². The number of fused-ring (bicyclic) bond motifs is 3. The van der Waals surface area contributed by atoms with Crippen LogP contribution in [0.25, 0.3) is 16.3 Å². The molecular formula is C22H23BrN4O. The molecule has 0 amide bonds. The van der Waals surface area contributed by atoms with Crippen LogP contribution < -0.4 is 16.0 Å². The Bertz CT molecular complexity index is 1010. The van der Waals surface area contributed by atoms with E-state index in [4.69, 9.17) is 4.98 Å². The highest BCUT2D eigenvalue weighted by Crippen LogP contribution is 2.38. The molecule has 28 heavy (non-hydrogen) atoms. The van der Waals surface area contributed by atoms with Crippen molar-refractivity contribution in [2.24, 2.45) is 5.92 Å². The molecule has 0 spiro atoms. The van der Waals surface area contributed by atoms with Crippen LogP contribution >= 0.6 is 15.9 Å². The average molecular weight is 439 g/mol. The molecule has 3 aliphatic rings. The van der Waals surface area contributed by atoms with Crippen molar-refractivity contribution in [3.63, 3.8) is 0 Å². The Labute approximate surface area is 173 Å². The lowest BCUT2D eigenvalue weighted by Crippen LogP contribution is -2.38. The largest absolute Gasteiger partial charge is 0.369 e. The van der Waals surface area contributed by atoms with Gasteiger partial charge < -0.3 is 21.1 Å². The minimum absolute atomic E-state index is 0.350. The smallest absolute Gasteiger partial charge is 0.153 e. The van der Waals surface area contributed by atoms with Crippen molar-refractivity contribution in [1.82, 2.24) is 15.6 Å². The van der Waals surface area contributed by atoms with Gasteiger partial charge in [-0.15, -0.1) is 0 Å². The van der Waals surface area contributed by atoms with E-state index in [9.17, 15) is 5.11 Å². The second kappa shape index (κ2) is 7.40. The molecule has 2 fully saturated rings. The number of benzene rings is 1. The Kier molecular flexibility index (Phi) is 4.75. The van der Waals surface area contributed by atoms with Crippen molar-refractivity contribution < 1.29 is 5.11 Å². The Morgan fingerprint density at radius 1 is 1.21 bits per heavy atom. The lowest BCUT2D eigenvalue weighted by atomic mass is 9.96. The van der Waals surface area contributed by atoms with Crippen LogP contribution in [-0.2, 0) is 0 Å². The molecule has 6 heteroatoms. The SMILES string of the molecule is OC1NC=C(C#CC2CC2)c2nc(N[C@H]3CCCNC3)c3ccc(Br)cc3c21. The highest BCUT2D eigenvalue weighted by molar-refractivity contribution is 9.10. The first-order valence-corrected chi connectivity index (χ1v) is 10.7. The number of nitrogens with one attached hydrogen (secondary N) is 3. The summed E-state index contributed by atoms with van der Waals surface area (Å²) in [6.07, 6.45) is 5.65. The molecule has 2 aromatic rings. The van der Waals surface area contributed by atoms with Crippen LogP contribution in [0.2, 0.25) is 0 Å². The van der Waals surface area contributed by atoms with Crippen molar-refractivity contribution in [2.75, 3.05) is 18.4 Å². The number of allylic oxidation sites excluding steroid dienone is 1. The first-order chi connectivity index (χ1) is 13.7. The Balaban J connectivity index is 1.65. The normalized spacial score (nSPS) is 23.9. The molecule has 1 aromatic heterocycles. The van der Waals surface area contributed by atoms with E-state index in [2.05, 4.69) is 55.9 Å². The van der Waals surface area contributed by atoms with Crippen LogP contribution in [0.15, 0.2) is 28.9 Å². The van der Waals surface area contributed by atoms with Crippen molar-refractivity contribution in [3.8, 4) is 11.8 Å². The Morgan fingerprint density at radius 2 is 2.11 bits per heavy atom. The molecule has 5 rings (SSSR count). The summed E-state index contributed by atoms with van der Waals surface area (Å²) in [5.41, 5.74) is 2.42. The van der Waals surface area contributed by atoms with Gasteiger partial charge in [-0.05, 0) is 55.8 Å². The highest BCUT2D eigenvalue weighted by Gasteiger charge is 2.26. The van der Waals surface area contributed by atoms with E-state index in [1.54, 1.807) is 6.20 Å². The number of aromatic nitrogens is 1. The van der Waals surface area contributed by atoms with Gasteiger partial charge in [-0.2, -0.15) is 0 Å². The van der Waals surface area contributed by atoms with Gasteiger partial charge in [-0.3, -0.25) is 0 Å². The van der Waals surface area contributed by atoms with Crippen molar-refractivity contribution in [1.29, 1.82) is 0 Å². The molecule has 1 aromatic carbocycles. The van der Waals surface area contributed by atoms with Gasteiger partial charge in [0.15, 0.2) is 6.23 Å². The molecule has 4 N–H and O–H groups in total. The van der Waals surface area contributed by atoms with E-state index in [1.165, 1.54) is 12.8 Å². The van der Waals surface area contributed by atoms with Gasteiger partial charge in [0, 0.05) is 40.1 Å². The Hall–Kier alpha value is -2.07. The van der Waals surface area contributed by atoms with E-state index >= 15 is 0 Å². The van der Waals surface area contributed by atoms with Crippen LogP contribution in [0.3, 0.4) is 0 Å². The number of hydrogen-bond acceptors (Lipinski definition) is 5. The molecule has 0 bridgehead atoms. The van der Waals surface area contributed by atoms with Gasteiger partial charge in [0.1, 0.15) is 5.82 Å². The summed E-state index contributed by atoms with van der Waals surface area (Å²) < 4.78 is 0.978. The quantitative estimate of drug-likeness (QED) is 0.540. The van der Waals surface area contributed by atoms with E-state index in [1.807, 2.05) is 6.07 Å². The summed E-state index contributed by atoms with van der Waals surface area (Å²) in [5.74, 6) is 7.99. The summed E-state index contributed by atoms with van der Waals surface area (Å²) in [7, 11) is 0. The lowest BCUT2D eigenvalue weighted by molar-refractivity contribution is 0.155. The summed E-state index contributed by atoms with van der Waals surface area (Å²) in [6.45, 7) is 2.01. The molecule has 0 radical (unpaired) electrons. The lowest BCUT2D eigenvalue weighted by Gasteiger charge is -2.28. The summed E-state index contributed by atoms with van der Waals surface area (Å²) in [4.78, 5) is 4.97. The van der Waals surface area contributed by atoms with Crippen LogP contribution in [0.1, 0.15) is 43.2 Å². The van der Waals surface area contributed by atoms with Gasteiger partial charge >= 0.3 is 0 Å². The number of pyridine rings is 1. The van der Waals surface area contributed by atoms with Crippen LogP contribution in [0, 0.1) is 17.8 Å². The van der Waals surface area contributed by atoms with E-state index in [0.29, 0.717) is 12.0 Å². The second-order valence-electron chi connectivity index (χ2n) is 7.77. The molecule has 144 valence electrons. The summed E-state index contributed by atoms with van der Waals surface area (Å²) >= 11 is 3.58. The highest BCUT2D eigenvalue weighted by atomic mass is 79.9. The monoisotopic (exact) mass is 438 g/mol. The predicted octanol–water partition coefficient (Wildman–Crippen LogP) is 3.51. The predicted molar refractivity (Wildman–Crippen MR) is 116 cm³/mol. The van der Waals surface area contributed by atoms with Gasteiger partial charge in [-0.1, -0.05) is 27.8 Å². The second-order valence-corrected chi connectivity index (χ2v) is 8.69. The van der Waals surface area contributed by atoms with Crippen molar-refractivity contribution in [2.45, 2.75) is 38.0 Å². The van der Waals surface area contributed by atoms with Crippen molar-refractivity contribution >= 4 is 38.1 Å². The van der Waals surface area contributed by atoms with E-state index < -0.39 is 6.23 Å². The first-order valence-electron chi connectivity index (χ1n) is 9.95. The molecule has 2 aliphatic heterocycles. The van der Waals surface area contributed by atoms with Gasteiger partial charge in [0.05, 0.1) is 11.3 Å². The molecule has 3 heterocycles. The fourth-order valence-electron chi connectivity index (χ4n) is 3.88. The van der Waals surface area contributed by atoms with Crippen LogP contribution in [0.4, 0.5) is 5.82 Å². The maximum atomic E-state index is 10.7. The van der Waals surface area contributed by atoms with Gasteiger partial charge in [0.2, 0.25) is 0 Å². The zero-order valence-corrected chi connectivity index (χ0v) is 17.1. The summed E-state index contributed by atoms with van der Waals surface area (Å²) in [5, 5.41) is 22.8. The molecule has 1 saturated heterocycles. The fourth-order valence-corrected chi connectivity index (χ4v) is 4.24. The minimum atomic E-state index is -0.795. The molecular weight excluding hydrogens is 416 g/mol. The number of aliphatic hydroxyl groups is 1. The zero-order chi connectivity index (χ0) is 19.1. The number of aliphatic hydroxyl groups excluding tert-OH is 1. The maximum Gasteiger partial charge on any atom is 0.153 e. The third-order valence-corrected chi connectivity index (χ3v) is 6.04. The van der Waals surface area contributed by atoms with E-state index in [-0.39, 0.29) is 0 Å². The van der Waals surface area contributed by atoms with Gasteiger partial charge in [0.25, 0.3) is 0 Å². The molecule has 5 nitrogen and oxygen atoms in total. The Morgan fingerprint density at radius 3 is 2.89 bits per heavy atom. The minimum Gasteiger partial charge on any atom is -0.369 e. The first kappa shape index (κ1) is 18.0. The number of halogens is 1.